The first-order valence-electron chi connectivity index (χ1n) is 7.54. The van der Waals surface area contributed by atoms with E-state index in [1.165, 1.54) is 5.56 Å². The standard InChI is InChI=1S/C17H21NO3/c1-12-11-18(8-6-15(12)19)17(20)5-3-13-2-4-16-14(10-13)7-9-21-16/h2-5,10,12,15,19H,6-9,11H2,1H3/b5-3+. The van der Waals surface area contributed by atoms with E-state index in [0.717, 1.165) is 24.3 Å². The SMILES string of the molecule is CC1CN(C(=O)/C=C/c2ccc3c(c2)CCO3)CCC1O. The largest absolute Gasteiger partial charge is 0.493 e. The lowest BCUT2D eigenvalue weighted by atomic mass is 9.97. The van der Waals surface area contributed by atoms with Gasteiger partial charge in [0.15, 0.2) is 0 Å². The molecule has 0 saturated carbocycles. The fourth-order valence-corrected chi connectivity index (χ4v) is 2.92. The highest BCUT2D eigenvalue weighted by Crippen LogP contribution is 2.26. The number of aliphatic hydroxyl groups excluding tert-OH is 1. The maximum absolute atomic E-state index is 12.2. The molecule has 2 aliphatic heterocycles. The molecule has 0 radical (unpaired) electrons. The molecule has 2 heterocycles. The van der Waals surface area contributed by atoms with Crippen molar-refractivity contribution in [3.8, 4) is 5.75 Å². The van der Waals surface area contributed by atoms with Crippen LogP contribution in [-0.4, -0.2) is 41.7 Å². The van der Waals surface area contributed by atoms with E-state index >= 15 is 0 Å². The van der Waals surface area contributed by atoms with Crippen LogP contribution in [-0.2, 0) is 11.2 Å². The molecular formula is C17H21NO3. The molecule has 2 aliphatic rings. The van der Waals surface area contributed by atoms with E-state index in [-0.39, 0.29) is 17.9 Å². The van der Waals surface area contributed by atoms with Gasteiger partial charge in [-0.25, -0.2) is 0 Å². The lowest BCUT2D eigenvalue weighted by Crippen LogP contribution is -2.44. The second-order valence-corrected chi connectivity index (χ2v) is 5.92. The first-order valence-corrected chi connectivity index (χ1v) is 7.54. The van der Waals surface area contributed by atoms with Crippen LogP contribution < -0.4 is 4.74 Å². The number of benzene rings is 1. The van der Waals surface area contributed by atoms with Crippen molar-refractivity contribution < 1.29 is 14.6 Å². The van der Waals surface area contributed by atoms with Crippen LogP contribution in [0.25, 0.3) is 6.08 Å². The van der Waals surface area contributed by atoms with Gasteiger partial charge in [0.2, 0.25) is 5.91 Å². The molecule has 0 bridgehead atoms. The first-order chi connectivity index (χ1) is 10.1. The smallest absolute Gasteiger partial charge is 0.246 e. The number of aliphatic hydroxyl groups is 1. The van der Waals surface area contributed by atoms with Gasteiger partial charge < -0.3 is 14.7 Å². The summed E-state index contributed by atoms with van der Waals surface area (Å²) in [6, 6.07) is 6.01. The molecule has 1 fully saturated rings. The van der Waals surface area contributed by atoms with Crippen LogP contribution in [0.1, 0.15) is 24.5 Å². The van der Waals surface area contributed by atoms with Gasteiger partial charge in [-0.15, -0.1) is 0 Å². The predicted octanol–water partition coefficient (Wildman–Crippen LogP) is 1.86. The third-order valence-corrected chi connectivity index (χ3v) is 4.30. The molecule has 4 heteroatoms. The van der Waals surface area contributed by atoms with Crippen molar-refractivity contribution in [2.75, 3.05) is 19.7 Å². The first kappa shape index (κ1) is 14.1. The summed E-state index contributed by atoms with van der Waals surface area (Å²) < 4.78 is 5.47. The molecule has 1 amide bonds. The number of ether oxygens (including phenoxy) is 1. The Morgan fingerprint density at radius 3 is 3.14 bits per heavy atom. The quantitative estimate of drug-likeness (QED) is 0.845. The molecule has 1 aromatic carbocycles. The minimum atomic E-state index is -0.283. The number of rotatable bonds is 2. The number of hydrogen-bond donors (Lipinski definition) is 1. The fraction of sp³-hybridized carbons (Fsp3) is 0.471. The van der Waals surface area contributed by atoms with E-state index in [2.05, 4.69) is 6.07 Å². The number of piperidine rings is 1. The summed E-state index contributed by atoms with van der Waals surface area (Å²) in [6.07, 6.45) is 4.80. The van der Waals surface area contributed by atoms with Gasteiger partial charge in [0.25, 0.3) is 0 Å². The van der Waals surface area contributed by atoms with E-state index < -0.39 is 0 Å². The van der Waals surface area contributed by atoms with E-state index in [1.807, 2.05) is 30.0 Å². The van der Waals surface area contributed by atoms with Crippen LogP contribution in [0.3, 0.4) is 0 Å². The topological polar surface area (TPSA) is 49.8 Å². The van der Waals surface area contributed by atoms with Crippen LogP contribution >= 0.6 is 0 Å². The molecule has 0 aliphatic carbocycles. The number of fused-ring (bicyclic) bond motifs is 1. The number of carbonyl (C=O) groups is 1. The van der Waals surface area contributed by atoms with Crippen molar-refractivity contribution in [1.29, 1.82) is 0 Å². The zero-order chi connectivity index (χ0) is 14.8. The summed E-state index contributed by atoms with van der Waals surface area (Å²) in [5.41, 5.74) is 2.23. The van der Waals surface area contributed by atoms with Gasteiger partial charge in [0.05, 0.1) is 12.7 Å². The lowest BCUT2D eigenvalue weighted by Gasteiger charge is -2.33. The van der Waals surface area contributed by atoms with E-state index in [4.69, 9.17) is 4.74 Å². The summed E-state index contributed by atoms with van der Waals surface area (Å²) in [6.45, 7) is 3.98. The molecule has 1 saturated heterocycles. The molecule has 0 aromatic heterocycles. The number of nitrogens with zero attached hydrogens (tertiary/aromatic N) is 1. The third kappa shape index (κ3) is 3.10. The summed E-state index contributed by atoms with van der Waals surface area (Å²) in [4.78, 5) is 14.0. The Morgan fingerprint density at radius 1 is 1.48 bits per heavy atom. The van der Waals surface area contributed by atoms with Crippen LogP contribution in [0.15, 0.2) is 24.3 Å². The second kappa shape index (κ2) is 5.90. The van der Waals surface area contributed by atoms with Gasteiger partial charge in [0.1, 0.15) is 5.75 Å². The average Bonchev–Trinajstić information content (AvgIpc) is 2.95. The minimum absolute atomic E-state index is 0.0190. The minimum Gasteiger partial charge on any atom is -0.493 e. The van der Waals surface area contributed by atoms with E-state index in [9.17, 15) is 9.90 Å². The number of carbonyl (C=O) groups excluding carboxylic acids is 1. The molecule has 2 atom stereocenters. The van der Waals surface area contributed by atoms with Gasteiger partial charge in [-0.3, -0.25) is 4.79 Å². The van der Waals surface area contributed by atoms with Crippen LogP contribution in [0.4, 0.5) is 0 Å². The molecule has 2 unspecified atom stereocenters. The molecule has 1 aromatic rings. The van der Waals surface area contributed by atoms with Crippen LogP contribution in [0, 0.1) is 5.92 Å². The highest BCUT2D eigenvalue weighted by Gasteiger charge is 2.25. The van der Waals surface area contributed by atoms with Crippen LogP contribution in [0.2, 0.25) is 0 Å². The molecule has 3 rings (SSSR count). The monoisotopic (exact) mass is 287 g/mol. The predicted molar refractivity (Wildman–Crippen MR) is 81.0 cm³/mol. The molecule has 4 nitrogen and oxygen atoms in total. The number of likely N-dealkylation sites (tertiary alicyclic amines) is 1. The summed E-state index contributed by atoms with van der Waals surface area (Å²) in [5, 5.41) is 9.71. The Kier molecular flexibility index (Phi) is 3.97. The van der Waals surface area contributed by atoms with Gasteiger partial charge in [-0.2, -0.15) is 0 Å². The average molecular weight is 287 g/mol. The van der Waals surface area contributed by atoms with Crippen LogP contribution in [0.5, 0.6) is 5.75 Å². The Bertz CT molecular complexity index is 567. The highest BCUT2D eigenvalue weighted by molar-refractivity contribution is 5.91. The van der Waals surface area contributed by atoms with Crippen molar-refractivity contribution in [2.45, 2.75) is 25.9 Å². The summed E-state index contributed by atoms with van der Waals surface area (Å²) >= 11 is 0. The van der Waals surface area contributed by atoms with E-state index in [1.54, 1.807) is 6.08 Å². The number of amides is 1. The Balaban J connectivity index is 1.64. The molecule has 112 valence electrons. The van der Waals surface area contributed by atoms with Crippen molar-refractivity contribution in [1.82, 2.24) is 4.90 Å². The fourth-order valence-electron chi connectivity index (χ4n) is 2.92. The van der Waals surface area contributed by atoms with Crippen molar-refractivity contribution in [2.24, 2.45) is 5.92 Å². The van der Waals surface area contributed by atoms with Gasteiger partial charge >= 0.3 is 0 Å². The lowest BCUT2D eigenvalue weighted by molar-refractivity contribution is -0.129. The maximum atomic E-state index is 12.2. The third-order valence-electron chi connectivity index (χ3n) is 4.30. The molecular weight excluding hydrogens is 266 g/mol. The number of hydrogen-bond acceptors (Lipinski definition) is 3. The van der Waals surface area contributed by atoms with Crippen molar-refractivity contribution in [3.63, 3.8) is 0 Å². The maximum Gasteiger partial charge on any atom is 0.246 e. The zero-order valence-corrected chi connectivity index (χ0v) is 12.3. The zero-order valence-electron chi connectivity index (χ0n) is 12.3. The Labute approximate surface area is 125 Å². The second-order valence-electron chi connectivity index (χ2n) is 5.92. The normalized spacial score (nSPS) is 25.0. The van der Waals surface area contributed by atoms with E-state index in [0.29, 0.717) is 19.5 Å². The Morgan fingerprint density at radius 2 is 2.33 bits per heavy atom. The van der Waals surface area contributed by atoms with Crippen molar-refractivity contribution >= 4 is 12.0 Å². The van der Waals surface area contributed by atoms with Crippen molar-refractivity contribution in [3.05, 3.63) is 35.4 Å². The van der Waals surface area contributed by atoms with Gasteiger partial charge in [-0.05, 0) is 41.7 Å². The molecule has 0 spiro atoms. The van der Waals surface area contributed by atoms with Gasteiger partial charge in [-0.1, -0.05) is 13.0 Å². The molecule has 21 heavy (non-hydrogen) atoms. The molecule has 1 N–H and O–H groups in total. The summed E-state index contributed by atoms with van der Waals surface area (Å²) in [5.74, 6) is 1.12. The highest BCUT2D eigenvalue weighted by atomic mass is 16.5. The summed E-state index contributed by atoms with van der Waals surface area (Å²) in [7, 11) is 0. The van der Waals surface area contributed by atoms with Gasteiger partial charge in [0, 0.05) is 25.6 Å². The Hall–Kier alpha value is -1.81.